The van der Waals surface area contributed by atoms with Gasteiger partial charge in [0, 0.05) is 49.0 Å². The van der Waals surface area contributed by atoms with E-state index in [1.807, 2.05) is 84.9 Å². The number of aromatic nitrogens is 1. The van der Waals surface area contributed by atoms with Gasteiger partial charge < -0.3 is 18.1 Å². The van der Waals surface area contributed by atoms with Crippen LogP contribution in [0.1, 0.15) is 22.9 Å². The SMILES string of the molecule is c1ccc(C2=NC(c3ccccc3)OC(c3cccc4oc5ccc(-c6ccc7c(c6)c6ccccc6n7-c6cccc7c6oc6ccccc67)cc5c34)=N2)cc1. The van der Waals surface area contributed by atoms with Gasteiger partial charge >= 0.3 is 0 Å². The zero-order chi connectivity index (χ0) is 37.5. The third kappa shape index (κ3) is 4.97. The summed E-state index contributed by atoms with van der Waals surface area (Å²) in [6, 6.07) is 62.6. The molecule has 0 bridgehead atoms. The summed E-state index contributed by atoms with van der Waals surface area (Å²) in [7, 11) is 0. The van der Waals surface area contributed by atoms with E-state index in [-0.39, 0.29) is 0 Å². The van der Waals surface area contributed by atoms with Crippen LogP contribution >= 0.6 is 0 Å². The summed E-state index contributed by atoms with van der Waals surface area (Å²) in [5.74, 6) is 1.13. The van der Waals surface area contributed by atoms with Crippen LogP contribution in [0.3, 0.4) is 0 Å². The number of furan rings is 2. The van der Waals surface area contributed by atoms with Crippen LogP contribution in [-0.2, 0) is 4.74 Å². The third-order valence-electron chi connectivity index (χ3n) is 11.1. The van der Waals surface area contributed by atoms with E-state index in [9.17, 15) is 0 Å². The zero-order valence-corrected chi connectivity index (χ0v) is 30.5. The van der Waals surface area contributed by atoms with Crippen molar-refractivity contribution in [3.63, 3.8) is 0 Å². The first kappa shape index (κ1) is 31.6. The van der Waals surface area contributed by atoms with Crippen molar-refractivity contribution in [2.45, 2.75) is 6.23 Å². The van der Waals surface area contributed by atoms with Gasteiger partial charge in [0.2, 0.25) is 12.1 Å². The summed E-state index contributed by atoms with van der Waals surface area (Å²) in [6.45, 7) is 0. The molecule has 0 N–H and O–H groups in total. The van der Waals surface area contributed by atoms with Gasteiger partial charge in [0.25, 0.3) is 0 Å². The molecule has 0 saturated heterocycles. The van der Waals surface area contributed by atoms with Crippen molar-refractivity contribution in [3.8, 4) is 16.8 Å². The Bertz CT molecular complexity index is 3440. The molecule has 0 aliphatic carbocycles. The van der Waals surface area contributed by atoms with Gasteiger partial charge in [-0.1, -0.05) is 127 Å². The molecule has 0 radical (unpaired) electrons. The fourth-order valence-corrected chi connectivity index (χ4v) is 8.51. The van der Waals surface area contributed by atoms with Gasteiger partial charge in [0.05, 0.1) is 16.7 Å². The van der Waals surface area contributed by atoms with Crippen molar-refractivity contribution >= 4 is 77.4 Å². The molecular weight excluding hydrogens is 703 g/mol. The number of hydrogen-bond donors (Lipinski definition) is 0. The molecule has 0 amide bonds. The second kappa shape index (κ2) is 12.4. The van der Waals surface area contributed by atoms with E-state index in [1.54, 1.807) is 0 Å². The maximum atomic E-state index is 6.64. The fourth-order valence-electron chi connectivity index (χ4n) is 8.51. The second-order valence-corrected chi connectivity index (χ2v) is 14.4. The minimum atomic E-state index is -0.550. The fraction of sp³-hybridized carbons (Fsp3) is 0.0196. The number of amidine groups is 1. The smallest absolute Gasteiger partial charge is 0.225 e. The summed E-state index contributed by atoms with van der Waals surface area (Å²) in [5, 5.41) is 6.50. The molecule has 0 spiro atoms. The number of aliphatic imine (C=N–C) groups is 2. The van der Waals surface area contributed by atoms with Crippen LogP contribution in [0.15, 0.2) is 201 Å². The largest absolute Gasteiger partial charge is 0.456 e. The number of fused-ring (bicyclic) bond motifs is 9. The van der Waals surface area contributed by atoms with Gasteiger partial charge in [0.15, 0.2) is 11.4 Å². The Morgan fingerprint density at radius 2 is 1.12 bits per heavy atom. The molecule has 4 heterocycles. The minimum absolute atomic E-state index is 0.505. The molecule has 268 valence electrons. The molecule has 1 unspecified atom stereocenters. The Labute approximate surface area is 326 Å². The van der Waals surface area contributed by atoms with Crippen LogP contribution in [0.5, 0.6) is 0 Å². The lowest BCUT2D eigenvalue weighted by atomic mass is 9.99. The normalized spacial score (nSPS) is 14.5. The highest BCUT2D eigenvalue weighted by Crippen LogP contribution is 2.41. The lowest BCUT2D eigenvalue weighted by molar-refractivity contribution is 0.199. The van der Waals surface area contributed by atoms with Crippen LogP contribution in [0.2, 0.25) is 0 Å². The maximum absolute atomic E-state index is 6.64. The first-order valence-corrected chi connectivity index (χ1v) is 19.1. The molecule has 12 rings (SSSR count). The van der Waals surface area contributed by atoms with Crippen LogP contribution in [-0.4, -0.2) is 16.3 Å². The molecule has 3 aromatic heterocycles. The summed E-state index contributed by atoms with van der Waals surface area (Å²) in [4.78, 5) is 9.98. The molecule has 1 atom stereocenters. The minimum Gasteiger partial charge on any atom is -0.456 e. The van der Waals surface area contributed by atoms with Gasteiger partial charge in [-0.25, -0.2) is 4.99 Å². The summed E-state index contributed by atoms with van der Waals surface area (Å²) in [5.41, 5.74) is 11.5. The topological polar surface area (TPSA) is 65.2 Å². The zero-order valence-electron chi connectivity index (χ0n) is 30.5. The average Bonchev–Trinajstić information content (AvgIpc) is 3.96. The second-order valence-electron chi connectivity index (χ2n) is 14.4. The van der Waals surface area contributed by atoms with E-state index in [4.69, 9.17) is 23.6 Å². The highest BCUT2D eigenvalue weighted by molar-refractivity contribution is 6.20. The number of nitrogens with zero attached hydrogens (tertiary/aromatic N) is 3. The first-order valence-electron chi connectivity index (χ1n) is 19.1. The molecule has 0 saturated carbocycles. The summed E-state index contributed by atoms with van der Waals surface area (Å²) >= 11 is 0. The van der Waals surface area contributed by atoms with Gasteiger partial charge in [-0.15, -0.1) is 0 Å². The Morgan fingerprint density at radius 1 is 0.456 bits per heavy atom. The van der Waals surface area contributed by atoms with Gasteiger partial charge in [-0.2, -0.15) is 4.99 Å². The maximum Gasteiger partial charge on any atom is 0.225 e. The molecule has 57 heavy (non-hydrogen) atoms. The standard InChI is InChI=1S/C51H31N3O3/c1-3-13-31(14-4-1)49-52-50(32-15-5-2-6-16-32)57-51(53-49)38-20-12-24-46-47(38)40-30-34(26-28-45(40)55-46)33-25-27-42-39(29-33)35-17-7-9-21-41(35)54(42)43-22-11-19-37-36-18-8-10-23-44(36)56-48(37)43/h1-30,50H. The Balaban J connectivity index is 1.01. The highest BCUT2D eigenvalue weighted by Gasteiger charge is 2.26. The Hall–Kier alpha value is -7.70. The van der Waals surface area contributed by atoms with Crippen molar-refractivity contribution in [1.82, 2.24) is 4.57 Å². The Kier molecular flexibility index (Phi) is 6.89. The predicted octanol–water partition coefficient (Wildman–Crippen LogP) is 13.2. The predicted molar refractivity (Wildman–Crippen MR) is 231 cm³/mol. The molecule has 6 nitrogen and oxygen atoms in total. The summed E-state index contributed by atoms with van der Waals surface area (Å²) in [6.07, 6.45) is -0.550. The number of rotatable bonds is 5. The molecule has 8 aromatic carbocycles. The number of para-hydroxylation sites is 3. The van der Waals surface area contributed by atoms with Gasteiger partial charge in [-0.3, -0.25) is 0 Å². The molecular formula is C51H31N3O3. The van der Waals surface area contributed by atoms with Crippen LogP contribution in [0.4, 0.5) is 0 Å². The van der Waals surface area contributed by atoms with Gasteiger partial charge in [0.1, 0.15) is 16.7 Å². The number of ether oxygens (including phenoxy) is 1. The monoisotopic (exact) mass is 733 g/mol. The number of hydrogen-bond acceptors (Lipinski definition) is 5. The first-order chi connectivity index (χ1) is 28.2. The van der Waals surface area contributed by atoms with Crippen LogP contribution in [0.25, 0.3) is 82.5 Å². The number of benzene rings is 8. The Morgan fingerprint density at radius 3 is 2.00 bits per heavy atom. The van der Waals surface area contributed by atoms with E-state index in [1.165, 1.54) is 10.8 Å². The molecule has 6 heteroatoms. The average molecular weight is 734 g/mol. The van der Waals surface area contributed by atoms with E-state index < -0.39 is 6.23 Å². The quantitative estimate of drug-likeness (QED) is 0.177. The van der Waals surface area contributed by atoms with E-state index >= 15 is 0 Å². The van der Waals surface area contributed by atoms with E-state index in [0.717, 1.165) is 88.4 Å². The van der Waals surface area contributed by atoms with Crippen molar-refractivity contribution < 1.29 is 13.6 Å². The van der Waals surface area contributed by atoms with Crippen molar-refractivity contribution in [1.29, 1.82) is 0 Å². The summed E-state index contributed by atoms with van der Waals surface area (Å²) < 4.78 is 22.0. The molecule has 0 fully saturated rings. The lowest BCUT2D eigenvalue weighted by Crippen LogP contribution is -2.20. The molecule has 11 aromatic rings. The van der Waals surface area contributed by atoms with Gasteiger partial charge in [-0.05, 0) is 65.7 Å². The lowest BCUT2D eigenvalue weighted by Gasteiger charge is -2.22. The van der Waals surface area contributed by atoms with Crippen molar-refractivity contribution in [2.75, 3.05) is 0 Å². The van der Waals surface area contributed by atoms with Crippen LogP contribution in [0, 0.1) is 0 Å². The van der Waals surface area contributed by atoms with E-state index in [0.29, 0.717) is 11.7 Å². The molecule has 1 aliphatic heterocycles. The third-order valence-corrected chi connectivity index (χ3v) is 11.1. The van der Waals surface area contributed by atoms with Crippen LogP contribution < -0.4 is 0 Å². The molecule has 1 aliphatic rings. The highest BCUT2D eigenvalue weighted by atomic mass is 16.5. The van der Waals surface area contributed by atoms with E-state index in [2.05, 4.69) is 102 Å². The van der Waals surface area contributed by atoms with Crippen molar-refractivity contribution in [2.24, 2.45) is 9.98 Å². The van der Waals surface area contributed by atoms with Crippen molar-refractivity contribution in [3.05, 3.63) is 199 Å².